The summed E-state index contributed by atoms with van der Waals surface area (Å²) in [5, 5.41) is 2.92. The number of anilines is 1. The van der Waals surface area contributed by atoms with Crippen molar-refractivity contribution in [2.45, 2.75) is 26.5 Å². The monoisotopic (exact) mass is 480 g/mol. The fraction of sp³-hybridized carbons (Fsp3) is 0.200. The summed E-state index contributed by atoms with van der Waals surface area (Å²) in [6.45, 7) is 4.30. The third kappa shape index (κ3) is 5.73. The van der Waals surface area contributed by atoms with Gasteiger partial charge in [-0.1, -0.05) is 42.5 Å². The lowest BCUT2D eigenvalue weighted by Gasteiger charge is -2.21. The van der Waals surface area contributed by atoms with Crippen LogP contribution in [0.4, 0.5) is 5.69 Å². The predicted octanol–water partition coefficient (Wildman–Crippen LogP) is 5.44. The van der Waals surface area contributed by atoms with Crippen molar-refractivity contribution >= 4 is 33.4 Å². The van der Waals surface area contributed by atoms with Gasteiger partial charge in [-0.2, -0.15) is 0 Å². The molecule has 3 aromatic rings. The molecule has 0 unspecified atom stereocenters. The fourth-order valence-electron chi connectivity index (χ4n) is 3.12. The maximum atomic E-state index is 13.1. The van der Waals surface area contributed by atoms with Gasteiger partial charge in [-0.25, -0.2) is 0 Å². The van der Waals surface area contributed by atoms with Gasteiger partial charge >= 0.3 is 0 Å². The molecular formula is C25H25BrN2O3. The van der Waals surface area contributed by atoms with Crippen LogP contribution in [0.3, 0.4) is 0 Å². The molecule has 0 aliphatic heterocycles. The summed E-state index contributed by atoms with van der Waals surface area (Å²) in [5.74, 6) is 0.218. The topological polar surface area (TPSA) is 58.6 Å². The molecule has 160 valence electrons. The summed E-state index contributed by atoms with van der Waals surface area (Å²) in [6, 6.07) is 22.0. The fourth-order valence-corrected chi connectivity index (χ4v) is 3.59. The van der Waals surface area contributed by atoms with Gasteiger partial charge in [-0.05, 0) is 65.7 Å². The lowest BCUT2D eigenvalue weighted by molar-refractivity contribution is 0.0951. The van der Waals surface area contributed by atoms with Crippen molar-refractivity contribution in [2.24, 2.45) is 0 Å². The van der Waals surface area contributed by atoms with Gasteiger partial charge in [0.15, 0.2) is 0 Å². The zero-order chi connectivity index (χ0) is 22.4. The molecule has 2 amide bonds. The first-order valence-electron chi connectivity index (χ1n) is 10.0. The van der Waals surface area contributed by atoms with Crippen molar-refractivity contribution < 1.29 is 14.3 Å². The number of amides is 2. The Kier molecular flexibility index (Phi) is 7.47. The highest BCUT2D eigenvalue weighted by Crippen LogP contribution is 2.28. The van der Waals surface area contributed by atoms with E-state index in [1.54, 1.807) is 43.4 Å². The van der Waals surface area contributed by atoms with Crippen LogP contribution >= 0.6 is 15.9 Å². The molecule has 31 heavy (non-hydrogen) atoms. The smallest absolute Gasteiger partial charge is 0.258 e. The van der Waals surface area contributed by atoms with Crippen LogP contribution in [0.5, 0.6) is 5.75 Å². The molecule has 0 fully saturated rings. The quantitative estimate of drug-likeness (QED) is 0.489. The Labute approximate surface area is 191 Å². The summed E-state index contributed by atoms with van der Waals surface area (Å²) in [6.07, 6.45) is 0.0294. The molecule has 0 saturated heterocycles. The molecule has 6 heteroatoms. The average molecular weight is 481 g/mol. The number of rotatable bonds is 7. The molecule has 0 heterocycles. The van der Waals surface area contributed by atoms with Crippen LogP contribution in [0.2, 0.25) is 0 Å². The molecule has 0 atom stereocenters. The minimum absolute atomic E-state index is 0.0294. The standard InChI is InChI=1S/C25H25BrN2O3/c1-17(2)31-23-14-13-19(15-21(23)26)25(30)28(3)22-12-8-7-11-20(22)24(29)27-16-18-9-5-4-6-10-18/h4-15,17H,16H2,1-3H3,(H,27,29). The van der Waals surface area contributed by atoms with E-state index < -0.39 is 0 Å². The first-order valence-corrected chi connectivity index (χ1v) is 10.8. The number of nitrogens with one attached hydrogen (secondary N) is 1. The Morgan fingerprint density at radius 1 is 1.00 bits per heavy atom. The maximum Gasteiger partial charge on any atom is 0.258 e. The van der Waals surface area contributed by atoms with Gasteiger partial charge in [0.05, 0.1) is 21.8 Å². The van der Waals surface area contributed by atoms with E-state index in [4.69, 9.17) is 4.74 Å². The highest BCUT2D eigenvalue weighted by molar-refractivity contribution is 9.10. The van der Waals surface area contributed by atoms with Crippen molar-refractivity contribution in [2.75, 3.05) is 11.9 Å². The summed E-state index contributed by atoms with van der Waals surface area (Å²) in [5.41, 5.74) is 2.47. The number of para-hydroxylation sites is 1. The second-order valence-corrected chi connectivity index (χ2v) is 8.22. The van der Waals surface area contributed by atoms with E-state index in [1.165, 1.54) is 4.90 Å². The van der Waals surface area contributed by atoms with Gasteiger partial charge in [-0.15, -0.1) is 0 Å². The van der Waals surface area contributed by atoms with Crippen molar-refractivity contribution in [1.29, 1.82) is 0 Å². The molecule has 0 spiro atoms. The van der Waals surface area contributed by atoms with Gasteiger partial charge in [0.1, 0.15) is 5.75 Å². The number of halogens is 1. The molecule has 0 aliphatic carbocycles. The predicted molar refractivity (Wildman–Crippen MR) is 127 cm³/mol. The molecule has 0 aromatic heterocycles. The highest BCUT2D eigenvalue weighted by atomic mass is 79.9. The van der Waals surface area contributed by atoms with Crippen LogP contribution < -0.4 is 15.0 Å². The number of carbonyl (C=O) groups excluding carboxylic acids is 2. The van der Waals surface area contributed by atoms with Crippen molar-refractivity contribution in [3.8, 4) is 5.75 Å². The minimum Gasteiger partial charge on any atom is -0.490 e. The van der Waals surface area contributed by atoms with E-state index in [0.717, 1.165) is 5.56 Å². The van der Waals surface area contributed by atoms with Crippen LogP contribution in [0.15, 0.2) is 77.3 Å². The van der Waals surface area contributed by atoms with Crippen molar-refractivity contribution in [3.63, 3.8) is 0 Å². The number of ether oxygens (including phenoxy) is 1. The summed E-state index contributed by atoms with van der Waals surface area (Å²) in [4.78, 5) is 27.4. The Hall–Kier alpha value is -3.12. The van der Waals surface area contributed by atoms with Crippen LogP contribution in [0, 0.1) is 0 Å². The van der Waals surface area contributed by atoms with Crippen molar-refractivity contribution in [3.05, 3.63) is 94.0 Å². The molecule has 1 N–H and O–H groups in total. The number of hydrogen-bond acceptors (Lipinski definition) is 3. The van der Waals surface area contributed by atoms with E-state index in [2.05, 4.69) is 21.2 Å². The van der Waals surface area contributed by atoms with Crippen LogP contribution in [0.25, 0.3) is 0 Å². The Morgan fingerprint density at radius 3 is 2.35 bits per heavy atom. The second-order valence-electron chi connectivity index (χ2n) is 7.36. The first-order chi connectivity index (χ1) is 14.9. The Morgan fingerprint density at radius 2 is 1.68 bits per heavy atom. The molecule has 0 saturated carbocycles. The zero-order valence-corrected chi connectivity index (χ0v) is 19.3. The summed E-state index contributed by atoms with van der Waals surface area (Å²) in [7, 11) is 1.66. The average Bonchev–Trinajstić information content (AvgIpc) is 2.78. The molecule has 0 aliphatic rings. The second kappa shape index (κ2) is 10.3. The van der Waals surface area contributed by atoms with Crippen molar-refractivity contribution in [1.82, 2.24) is 5.32 Å². The van der Waals surface area contributed by atoms with E-state index in [0.29, 0.717) is 33.6 Å². The Balaban J connectivity index is 1.78. The van der Waals surface area contributed by atoms with Gasteiger partial charge in [0, 0.05) is 19.2 Å². The third-order valence-electron chi connectivity index (χ3n) is 4.65. The van der Waals surface area contributed by atoms with E-state index in [1.807, 2.05) is 50.2 Å². The van der Waals surface area contributed by atoms with Crippen LogP contribution in [-0.4, -0.2) is 25.0 Å². The molecule has 5 nitrogen and oxygen atoms in total. The lowest BCUT2D eigenvalue weighted by atomic mass is 10.1. The van der Waals surface area contributed by atoms with E-state index >= 15 is 0 Å². The minimum atomic E-state index is -0.235. The Bertz CT molecular complexity index is 1070. The largest absolute Gasteiger partial charge is 0.490 e. The maximum absolute atomic E-state index is 13.1. The van der Waals surface area contributed by atoms with E-state index in [9.17, 15) is 9.59 Å². The number of carbonyl (C=O) groups is 2. The zero-order valence-electron chi connectivity index (χ0n) is 17.8. The number of hydrogen-bond donors (Lipinski definition) is 1. The van der Waals surface area contributed by atoms with Gasteiger partial charge < -0.3 is 15.0 Å². The third-order valence-corrected chi connectivity index (χ3v) is 5.27. The lowest BCUT2D eigenvalue weighted by Crippen LogP contribution is -2.30. The van der Waals surface area contributed by atoms with Crippen LogP contribution in [-0.2, 0) is 6.54 Å². The summed E-state index contributed by atoms with van der Waals surface area (Å²) < 4.78 is 6.42. The van der Waals surface area contributed by atoms with Crippen LogP contribution in [0.1, 0.15) is 40.1 Å². The normalized spacial score (nSPS) is 10.6. The summed E-state index contributed by atoms with van der Waals surface area (Å²) >= 11 is 3.47. The molecule has 3 aromatic carbocycles. The van der Waals surface area contributed by atoms with Gasteiger partial charge in [0.25, 0.3) is 11.8 Å². The number of nitrogens with zero attached hydrogens (tertiary/aromatic N) is 1. The highest BCUT2D eigenvalue weighted by Gasteiger charge is 2.20. The molecule has 0 bridgehead atoms. The molecule has 3 rings (SSSR count). The van der Waals surface area contributed by atoms with E-state index in [-0.39, 0.29) is 17.9 Å². The molecule has 0 radical (unpaired) electrons. The number of benzene rings is 3. The first kappa shape index (κ1) is 22.6. The SMILES string of the molecule is CC(C)Oc1ccc(C(=O)N(C)c2ccccc2C(=O)NCc2ccccc2)cc1Br. The van der Waals surface area contributed by atoms with Gasteiger partial charge in [-0.3, -0.25) is 9.59 Å². The van der Waals surface area contributed by atoms with Gasteiger partial charge in [0.2, 0.25) is 0 Å². The molecular weight excluding hydrogens is 456 g/mol.